The van der Waals surface area contributed by atoms with E-state index in [2.05, 4.69) is 10.4 Å². The monoisotopic (exact) mass is 141 g/mol. The Hall–Kier alpha value is -0.410. The Balaban J connectivity index is 2.84. The third-order valence-electron chi connectivity index (χ3n) is 0.990. The van der Waals surface area contributed by atoms with Crippen molar-refractivity contribution in [2.75, 3.05) is 0 Å². The second-order valence-corrected chi connectivity index (χ2v) is 3.60. The molecule has 2 heterocycles. The van der Waals surface area contributed by atoms with Gasteiger partial charge >= 0.3 is 0 Å². The molecular formula is C5H3NS2. The molecule has 0 saturated carbocycles. The third kappa shape index (κ3) is 0.485. The smallest absolute Gasteiger partial charge is 0.0917 e. The van der Waals surface area contributed by atoms with E-state index in [9.17, 15) is 0 Å². The first-order valence-electron chi connectivity index (χ1n) is 2.25. The van der Waals surface area contributed by atoms with Crippen molar-refractivity contribution in [3.8, 4) is 10.6 Å². The van der Waals surface area contributed by atoms with Gasteiger partial charge in [-0.05, 0) is 6.07 Å². The highest BCUT2D eigenvalue weighted by atomic mass is 32.9. The van der Waals surface area contributed by atoms with Crippen molar-refractivity contribution in [2.45, 2.75) is 0 Å². The Morgan fingerprint density at radius 3 is 3.38 bits per heavy atom. The van der Waals surface area contributed by atoms with Gasteiger partial charge in [-0.3, -0.25) is 4.98 Å². The van der Waals surface area contributed by atoms with E-state index in [1.165, 1.54) is 4.88 Å². The summed E-state index contributed by atoms with van der Waals surface area (Å²) in [6.45, 7) is 0. The van der Waals surface area contributed by atoms with E-state index in [-0.39, 0.29) is 0 Å². The molecule has 2 rings (SSSR count). The summed E-state index contributed by atoms with van der Waals surface area (Å²) >= 11 is 0. The lowest BCUT2D eigenvalue weighted by atomic mass is 10.4. The molecule has 0 spiro atoms. The zero-order chi connectivity index (χ0) is 5.40. The predicted molar refractivity (Wildman–Crippen MR) is 36.6 cm³/mol. The molecule has 0 saturated heterocycles. The van der Waals surface area contributed by atoms with E-state index in [0.29, 0.717) is 0 Å². The van der Waals surface area contributed by atoms with Gasteiger partial charge < -0.3 is 0 Å². The molecule has 3 heteroatoms. The van der Waals surface area contributed by atoms with Crippen LogP contribution in [0.4, 0.5) is 0 Å². The predicted octanol–water partition coefficient (Wildman–Crippen LogP) is 2.31. The molecule has 2 aliphatic heterocycles. The minimum Gasteiger partial charge on any atom is -0.254 e. The van der Waals surface area contributed by atoms with Gasteiger partial charge in [-0.15, -0.1) is 0 Å². The van der Waals surface area contributed by atoms with Crippen molar-refractivity contribution in [2.24, 2.45) is 0 Å². The summed E-state index contributed by atoms with van der Waals surface area (Å²) in [4.78, 5) is 5.40. The van der Waals surface area contributed by atoms with Crippen LogP contribution in [-0.2, 0) is 0 Å². The molecule has 0 atom stereocenters. The zero-order valence-electron chi connectivity index (χ0n) is 4.00. The van der Waals surface area contributed by atoms with E-state index < -0.39 is 0 Å². The van der Waals surface area contributed by atoms with Crippen LogP contribution in [0.3, 0.4) is 0 Å². The first-order chi connectivity index (χ1) is 3.97. The quantitative estimate of drug-likeness (QED) is 0.513. The molecule has 2 aliphatic rings. The van der Waals surface area contributed by atoms with Crippen LogP contribution in [0.25, 0.3) is 10.6 Å². The lowest BCUT2D eigenvalue weighted by Crippen LogP contribution is -1.58. The molecule has 40 valence electrons. The third-order valence-corrected chi connectivity index (χ3v) is 3.05. The highest BCUT2D eigenvalue weighted by Crippen LogP contribution is 2.29. The largest absolute Gasteiger partial charge is 0.254 e. The lowest BCUT2D eigenvalue weighted by molar-refractivity contribution is 1.43. The van der Waals surface area contributed by atoms with E-state index in [1.54, 1.807) is 20.7 Å². The van der Waals surface area contributed by atoms with Gasteiger partial charge in [0.2, 0.25) is 0 Å². The first-order valence-corrected chi connectivity index (χ1v) is 4.46. The van der Waals surface area contributed by atoms with Crippen LogP contribution in [0, 0.1) is 0 Å². The number of nitrogens with zero attached hydrogens (tertiary/aromatic N) is 1. The SMILES string of the molecule is c1cc2sscc-2n1. The fourth-order valence-corrected chi connectivity index (χ4v) is 2.59. The Kier molecular flexibility index (Phi) is 0.856. The minimum absolute atomic E-state index is 1.14. The molecule has 1 nitrogen and oxygen atoms in total. The van der Waals surface area contributed by atoms with Gasteiger partial charge in [0.15, 0.2) is 0 Å². The van der Waals surface area contributed by atoms with Gasteiger partial charge in [-0.25, -0.2) is 0 Å². The number of fused-ring (bicyclic) bond motifs is 1. The van der Waals surface area contributed by atoms with Crippen LogP contribution in [0.15, 0.2) is 17.6 Å². The standard InChI is InChI=1S/C5H3NS2/c1-2-6-4-3-7-8-5(1)4/h1-3H. The van der Waals surface area contributed by atoms with E-state index in [1.807, 2.05) is 12.3 Å². The van der Waals surface area contributed by atoms with Crippen LogP contribution in [0.1, 0.15) is 0 Å². The van der Waals surface area contributed by atoms with Gasteiger partial charge in [-0.2, -0.15) is 0 Å². The molecule has 0 fully saturated rings. The Bertz CT molecular complexity index is 202. The summed E-state index contributed by atoms with van der Waals surface area (Å²) in [5, 5.41) is 2.07. The zero-order valence-corrected chi connectivity index (χ0v) is 5.63. The van der Waals surface area contributed by atoms with Crippen LogP contribution in [0.2, 0.25) is 0 Å². The summed E-state index contributed by atoms with van der Waals surface area (Å²) < 4.78 is 0. The van der Waals surface area contributed by atoms with Gasteiger partial charge in [0.25, 0.3) is 0 Å². The highest BCUT2D eigenvalue weighted by molar-refractivity contribution is 7.70. The first kappa shape index (κ1) is 4.47. The fraction of sp³-hybridized carbons (Fsp3) is 0. The van der Waals surface area contributed by atoms with Crippen LogP contribution in [0.5, 0.6) is 0 Å². The van der Waals surface area contributed by atoms with Gasteiger partial charge in [-0.1, -0.05) is 20.7 Å². The summed E-state index contributed by atoms with van der Waals surface area (Å²) in [5.41, 5.74) is 1.14. The lowest BCUT2D eigenvalue weighted by Gasteiger charge is -1.73. The molecule has 0 aromatic heterocycles. The van der Waals surface area contributed by atoms with E-state index >= 15 is 0 Å². The fourth-order valence-electron chi connectivity index (χ4n) is 0.615. The van der Waals surface area contributed by atoms with E-state index in [4.69, 9.17) is 0 Å². The van der Waals surface area contributed by atoms with E-state index in [0.717, 1.165) is 5.69 Å². The molecule has 0 radical (unpaired) electrons. The molecule has 0 aromatic carbocycles. The number of aromatic nitrogens is 1. The Labute approximate surface area is 54.3 Å². The average Bonchev–Trinajstić information content (AvgIpc) is 2.15. The van der Waals surface area contributed by atoms with Gasteiger partial charge in [0, 0.05) is 11.6 Å². The normalized spacial score (nSPS) is 10.5. The number of rotatable bonds is 0. The Morgan fingerprint density at radius 1 is 1.50 bits per heavy atom. The minimum atomic E-state index is 1.14. The summed E-state index contributed by atoms with van der Waals surface area (Å²) in [5.74, 6) is 0. The van der Waals surface area contributed by atoms with Crippen molar-refractivity contribution in [1.29, 1.82) is 0 Å². The second kappa shape index (κ2) is 1.53. The Morgan fingerprint density at radius 2 is 2.50 bits per heavy atom. The van der Waals surface area contributed by atoms with Crippen molar-refractivity contribution < 1.29 is 0 Å². The summed E-state index contributed by atoms with van der Waals surface area (Å²) in [6, 6.07) is 2.04. The van der Waals surface area contributed by atoms with Crippen molar-refractivity contribution in [3.63, 3.8) is 0 Å². The average molecular weight is 141 g/mol. The topological polar surface area (TPSA) is 12.9 Å². The van der Waals surface area contributed by atoms with Crippen molar-refractivity contribution >= 4 is 20.7 Å². The summed E-state index contributed by atoms with van der Waals surface area (Å²) in [7, 11) is 3.51. The molecule has 0 aromatic rings. The van der Waals surface area contributed by atoms with Crippen LogP contribution in [-0.4, -0.2) is 4.98 Å². The highest BCUT2D eigenvalue weighted by Gasteiger charge is 2.01. The molecule has 0 amide bonds. The number of hydrogen-bond acceptors (Lipinski definition) is 3. The molecule has 0 aliphatic carbocycles. The summed E-state index contributed by atoms with van der Waals surface area (Å²) in [6.07, 6.45) is 1.84. The maximum Gasteiger partial charge on any atom is 0.0917 e. The number of hydrogen-bond donors (Lipinski definition) is 0. The maximum absolute atomic E-state index is 4.10. The second-order valence-electron chi connectivity index (χ2n) is 1.49. The molecule has 0 unspecified atom stereocenters. The molecule has 0 bridgehead atoms. The van der Waals surface area contributed by atoms with Crippen LogP contribution < -0.4 is 0 Å². The van der Waals surface area contributed by atoms with Gasteiger partial charge in [0.05, 0.1) is 10.6 Å². The molecule has 0 N–H and O–H groups in total. The van der Waals surface area contributed by atoms with Gasteiger partial charge in [0.1, 0.15) is 0 Å². The molecular weight excluding hydrogens is 138 g/mol. The molecule has 8 heavy (non-hydrogen) atoms. The van der Waals surface area contributed by atoms with Crippen molar-refractivity contribution in [3.05, 3.63) is 17.6 Å². The van der Waals surface area contributed by atoms with Crippen LogP contribution >= 0.6 is 20.7 Å². The maximum atomic E-state index is 4.10. The van der Waals surface area contributed by atoms with Crippen molar-refractivity contribution in [1.82, 2.24) is 4.98 Å².